The number of thiazole rings is 1. The Bertz CT molecular complexity index is 927. The number of ketones is 1. The van der Waals surface area contributed by atoms with Crippen LogP contribution in [0.2, 0.25) is 0 Å². The molecule has 3 rings (SSSR count). The van der Waals surface area contributed by atoms with Gasteiger partial charge in [0.15, 0.2) is 5.78 Å². The van der Waals surface area contributed by atoms with Gasteiger partial charge in [-0.05, 0) is 26.0 Å². The zero-order chi connectivity index (χ0) is 18.9. The number of rotatable bonds is 4. The number of hydrogen-bond acceptors (Lipinski definition) is 6. The van der Waals surface area contributed by atoms with E-state index >= 15 is 0 Å². The van der Waals surface area contributed by atoms with Gasteiger partial charge < -0.3 is 4.90 Å². The fourth-order valence-corrected chi connectivity index (χ4v) is 4.77. The number of aromatic nitrogens is 1. The lowest BCUT2D eigenvalue weighted by atomic mass is 10.2. The molecule has 7 nitrogen and oxygen atoms in total. The summed E-state index contributed by atoms with van der Waals surface area (Å²) in [6.45, 7) is 4.37. The van der Waals surface area contributed by atoms with E-state index in [0.29, 0.717) is 24.3 Å². The molecule has 0 radical (unpaired) electrons. The van der Waals surface area contributed by atoms with Crippen molar-refractivity contribution in [2.24, 2.45) is 0 Å². The second-order valence-corrected chi connectivity index (χ2v) is 9.03. The molecule has 0 atom stereocenters. The standard InChI is InChI=1S/C17H19N3O4S2/c1-12(21)14-3-5-15(6-4-14)26(23,24)20-9-7-19(8-10-20)17(22)16-11-25-13(2)18-16/h3-6,11H,7-10H2,1-2H3. The Morgan fingerprint density at radius 3 is 2.19 bits per heavy atom. The molecule has 1 saturated heterocycles. The molecule has 26 heavy (non-hydrogen) atoms. The molecule has 0 unspecified atom stereocenters. The number of sulfonamides is 1. The molecule has 1 aromatic carbocycles. The Morgan fingerprint density at radius 2 is 1.69 bits per heavy atom. The lowest BCUT2D eigenvalue weighted by Crippen LogP contribution is -2.50. The summed E-state index contributed by atoms with van der Waals surface area (Å²) in [6.07, 6.45) is 0. The molecule has 9 heteroatoms. The number of nitrogens with zero attached hydrogens (tertiary/aromatic N) is 3. The first kappa shape index (κ1) is 18.7. The van der Waals surface area contributed by atoms with E-state index in [0.717, 1.165) is 5.01 Å². The first-order valence-corrected chi connectivity index (χ1v) is 10.4. The Morgan fingerprint density at radius 1 is 1.08 bits per heavy atom. The van der Waals surface area contributed by atoms with E-state index in [2.05, 4.69) is 4.98 Å². The van der Waals surface area contributed by atoms with E-state index in [1.54, 1.807) is 10.3 Å². The second kappa shape index (κ2) is 7.26. The second-order valence-electron chi connectivity index (χ2n) is 6.03. The number of amides is 1. The van der Waals surface area contributed by atoms with Gasteiger partial charge in [0.25, 0.3) is 5.91 Å². The Hall–Kier alpha value is -2.10. The van der Waals surface area contributed by atoms with Crippen LogP contribution in [0.25, 0.3) is 0 Å². The minimum Gasteiger partial charge on any atom is -0.335 e. The number of aryl methyl sites for hydroxylation is 1. The van der Waals surface area contributed by atoms with Crippen LogP contribution in [0.1, 0.15) is 32.8 Å². The van der Waals surface area contributed by atoms with Gasteiger partial charge in [0.2, 0.25) is 10.0 Å². The predicted molar refractivity (Wildman–Crippen MR) is 98.0 cm³/mol. The van der Waals surface area contributed by atoms with Crippen LogP contribution in [0, 0.1) is 6.92 Å². The van der Waals surface area contributed by atoms with Crippen molar-refractivity contribution in [1.82, 2.24) is 14.2 Å². The van der Waals surface area contributed by atoms with Gasteiger partial charge in [0, 0.05) is 37.1 Å². The fraction of sp³-hybridized carbons (Fsp3) is 0.353. The van der Waals surface area contributed by atoms with Crippen molar-refractivity contribution in [1.29, 1.82) is 0 Å². The summed E-state index contributed by atoms with van der Waals surface area (Å²) in [6, 6.07) is 5.92. The summed E-state index contributed by atoms with van der Waals surface area (Å²) >= 11 is 1.41. The zero-order valence-electron chi connectivity index (χ0n) is 14.5. The lowest BCUT2D eigenvalue weighted by molar-refractivity contribution is 0.0692. The minimum atomic E-state index is -3.64. The molecular formula is C17H19N3O4S2. The highest BCUT2D eigenvalue weighted by Crippen LogP contribution is 2.19. The monoisotopic (exact) mass is 393 g/mol. The quantitative estimate of drug-likeness (QED) is 0.739. The van der Waals surface area contributed by atoms with E-state index in [4.69, 9.17) is 0 Å². The molecule has 1 fully saturated rings. The number of Topliss-reactive ketones (excluding diaryl/α,β-unsaturated/α-hetero) is 1. The first-order chi connectivity index (χ1) is 12.3. The van der Waals surface area contributed by atoms with E-state index in [1.165, 1.54) is 46.8 Å². The predicted octanol–water partition coefficient (Wildman–Crippen LogP) is 1.80. The molecule has 2 heterocycles. The van der Waals surface area contributed by atoms with Crippen molar-refractivity contribution in [3.8, 4) is 0 Å². The molecule has 1 aliphatic rings. The summed E-state index contributed by atoms with van der Waals surface area (Å²) in [5.74, 6) is -0.282. The van der Waals surface area contributed by atoms with Crippen LogP contribution >= 0.6 is 11.3 Å². The van der Waals surface area contributed by atoms with E-state index in [-0.39, 0.29) is 29.7 Å². The third-order valence-corrected chi connectivity index (χ3v) is 6.95. The highest BCUT2D eigenvalue weighted by Gasteiger charge is 2.31. The topological polar surface area (TPSA) is 87.7 Å². The maximum Gasteiger partial charge on any atom is 0.273 e. The van der Waals surface area contributed by atoms with Crippen LogP contribution in [-0.2, 0) is 10.0 Å². The van der Waals surface area contributed by atoms with Crippen LogP contribution in [0.4, 0.5) is 0 Å². The fourth-order valence-electron chi connectivity index (χ4n) is 2.77. The molecule has 0 saturated carbocycles. The van der Waals surface area contributed by atoms with Gasteiger partial charge >= 0.3 is 0 Å². The SMILES string of the molecule is CC(=O)c1ccc(S(=O)(=O)N2CCN(C(=O)c3csc(C)n3)CC2)cc1. The van der Waals surface area contributed by atoms with Crippen LogP contribution in [0.3, 0.4) is 0 Å². The molecule has 1 aromatic heterocycles. The average molecular weight is 393 g/mol. The number of piperazine rings is 1. The van der Waals surface area contributed by atoms with Gasteiger partial charge in [-0.25, -0.2) is 13.4 Å². The van der Waals surface area contributed by atoms with Crippen molar-refractivity contribution in [2.75, 3.05) is 26.2 Å². The van der Waals surface area contributed by atoms with Crippen LogP contribution in [0.15, 0.2) is 34.5 Å². The van der Waals surface area contributed by atoms with Crippen molar-refractivity contribution < 1.29 is 18.0 Å². The molecule has 1 aliphatic heterocycles. The number of hydrogen-bond donors (Lipinski definition) is 0. The van der Waals surface area contributed by atoms with Gasteiger partial charge in [-0.1, -0.05) is 12.1 Å². The molecule has 1 amide bonds. The molecule has 0 bridgehead atoms. The van der Waals surface area contributed by atoms with Gasteiger partial charge in [-0.2, -0.15) is 4.31 Å². The Balaban J connectivity index is 1.68. The molecule has 0 N–H and O–H groups in total. The number of carbonyl (C=O) groups excluding carboxylic acids is 2. The molecular weight excluding hydrogens is 374 g/mol. The smallest absolute Gasteiger partial charge is 0.273 e. The minimum absolute atomic E-state index is 0.113. The van der Waals surface area contributed by atoms with E-state index < -0.39 is 10.0 Å². The van der Waals surface area contributed by atoms with Gasteiger partial charge in [0.1, 0.15) is 5.69 Å². The lowest BCUT2D eigenvalue weighted by Gasteiger charge is -2.33. The first-order valence-electron chi connectivity index (χ1n) is 8.11. The Kier molecular flexibility index (Phi) is 5.22. The Labute approximate surface area is 156 Å². The molecule has 0 aliphatic carbocycles. The normalized spacial score (nSPS) is 15.8. The maximum atomic E-state index is 12.7. The van der Waals surface area contributed by atoms with Crippen LogP contribution < -0.4 is 0 Å². The molecule has 2 aromatic rings. The average Bonchev–Trinajstić information content (AvgIpc) is 3.07. The van der Waals surface area contributed by atoms with Crippen LogP contribution in [0.5, 0.6) is 0 Å². The summed E-state index contributed by atoms with van der Waals surface area (Å²) in [5, 5.41) is 2.54. The van der Waals surface area contributed by atoms with Crippen molar-refractivity contribution >= 4 is 33.1 Å². The summed E-state index contributed by atoms with van der Waals surface area (Å²) < 4.78 is 26.9. The zero-order valence-corrected chi connectivity index (χ0v) is 16.1. The van der Waals surface area contributed by atoms with Crippen molar-refractivity contribution in [3.63, 3.8) is 0 Å². The van der Waals surface area contributed by atoms with Gasteiger partial charge in [-0.3, -0.25) is 9.59 Å². The summed E-state index contributed by atoms with van der Waals surface area (Å²) in [5.41, 5.74) is 0.876. The van der Waals surface area contributed by atoms with Gasteiger partial charge in [0.05, 0.1) is 9.90 Å². The highest BCUT2D eigenvalue weighted by molar-refractivity contribution is 7.89. The third kappa shape index (κ3) is 3.69. The third-order valence-electron chi connectivity index (χ3n) is 4.26. The van der Waals surface area contributed by atoms with Crippen molar-refractivity contribution in [3.05, 3.63) is 45.9 Å². The largest absolute Gasteiger partial charge is 0.335 e. The van der Waals surface area contributed by atoms with Crippen LogP contribution in [-0.4, -0.2) is 60.5 Å². The van der Waals surface area contributed by atoms with Crippen molar-refractivity contribution in [2.45, 2.75) is 18.7 Å². The van der Waals surface area contributed by atoms with Gasteiger partial charge in [-0.15, -0.1) is 11.3 Å². The van der Waals surface area contributed by atoms with E-state index in [9.17, 15) is 18.0 Å². The molecule has 0 spiro atoms. The summed E-state index contributed by atoms with van der Waals surface area (Å²) in [4.78, 5) is 29.7. The molecule has 138 valence electrons. The highest BCUT2D eigenvalue weighted by atomic mass is 32.2. The summed E-state index contributed by atoms with van der Waals surface area (Å²) in [7, 11) is -3.64. The number of benzene rings is 1. The maximum absolute atomic E-state index is 12.7. The van der Waals surface area contributed by atoms with E-state index in [1.807, 2.05) is 6.92 Å². The number of carbonyl (C=O) groups is 2.